The molecule has 0 aromatic carbocycles. The van der Waals surface area contributed by atoms with Crippen molar-refractivity contribution in [1.82, 2.24) is 4.90 Å². The Morgan fingerprint density at radius 2 is 2.00 bits per heavy atom. The van der Waals surface area contributed by atoms with Crippen LogP contribution in [0.5, 0.6) is 0 Å². The fourth-order valence-corrected chi connectivity index (χ4v) is 1.71. The van der Waals surface area contributed by atoms with Crippen molar-refractivity contribution in [2.24, 2.45) is 0 Å². The SMILES string of the molecule is COCCN1CCC(OC(C)=O)CC1.Cl. The molecule has 0 aromatic heterocycles. The third-order valence-corrected chi connectivity index (χ3v) is 2.48. The molecule has 5 heteroatoms. The molecule has 0 atom stereocenters. The third kappa shape index (κ3) is 5.97. The van der Waals surface area contributed by atoms with Crippen LogP contribution in [0, 0.1) is 0 Å². The first-order chi connectivity index (χ1) is 6.72. The van der Waals surface area contributed by atoms with Gasteiger partial charge in [-0.2, -0.15) is 0 Å². The van der Waals surface area contributed by atoms with Crippen LogP contribution in [0.2, 0.25) is 0 Å². The van der Waals surface area contributed by atoms with Gasteiger partial charge in [0.1, 0.15) is 6.10 Å². The second-order valence-electron chi connectivity index (χ2n) is 3.64. The lowest BCUT2D eigenvalue weighted by atomic mass is 10.1. The Kier molecular flexibility index (Phi) is 7.74. The zero-order chi connectivity index (χ0) is 10.4. The van der Waals surface area contributed by atoms with Crippen molar-refractivity contribution in [1.29, 1.82) is 0 Å². The highest BCUT2D eigenvalue weighted by atomic mass is 35.5. The number of piperidine rings is 1. The minimum atomic E-state index is -0.166. The van der Waals surface area contributed by atoms with E-state index < -0.39 is 0 Å². The largest absolute Gasteiger partial charge is 0.462 e. The number of methoxy groups -OCH3 is 1. The van der Waals surface area contributed by atoms with Crippen LogP contribution in [-0.4, -0.2) is 50.3 Å². The zero-order valence-electron chi connectivity index (χ0n) is 9.40. The zero-order valence-corrected chi connectivity index (χ0v) is 10.2. The maximum absolute atomic E-state index is 10.7. The number of ether oxygens (including phenoxy) is 2. The summed E-state index contributed by atoms with van der Waals surface area (Å²) in [5.41, 5.74) is 0. The Balaban J connectivity index is 0.00000196. The van der Waals surface area contributed by atoms with Crippen molar-refractivity contribution in [2.75, 3.05) is 33.4 Å². The van der Waals surface area contributed by atoms with Crippen molar-refractivity contribution in [3.63, 3.8) is 0 Å². The summed E-state index contributed by atoms with van der Waals surface area (Å²) in [6.45, 7) is 5.22. The highest BCUT2D eigenvalue weighted by molar-refractivity contribution is 5.85. The molecule has 0 aliphatic carbocycles. The number of carbonyl (C=O) groups is 1. The van der Waals surface area contributed by atoms with Gasteiger partial charge in [0.15, 0.2) is 0 Å². The van der Waals surface area contributed by atoms with E-state index in [4.69, 9.17) is 9.47 Å². The van der Waals surface area contributed by atoms with E-state index in [2.05, 4.69) is 4.90 Å². The topological polar surface area (TPSA) is 38.8 Å². The van der Waals surface area contributed by atoms with Gasteiger partial charge in [-0.25, -0.2) is 0 Å². The molecule has 1 fully saturated rings. The van der Waals surface area contributed by atoms with Gasteiger partial charge in [-0.3, -0.25) is 4.79 Å². The van der Waals surface area contributed by atoms with E-state index in [0.29, 0.717) is 0 Å². The molecule has 1 aliphatic heterocycles. The van der Waals surface area contributed by atoms with E-state index in [1.54, 1.807) is 7.11 Å². The number of hydrogen-bond acceptors (Lipinski definition) is 4. The number of likely N-dealkylation sites (tertiary alicyclic amines) is 1. The van der Waals surface area contributed by atoms with Gasteiger partial charge in [0.2, 0.25) is 0 Å². The average molecular weight is 238 g/mol. The molecule has 0 amide bonds. The van der Waals surface area contributed by atoms with E-state index >= 15 is 0 Å². The van der Waals surface area contributed by atoms with Gasteiger partial charge in [0, 0.05) is 33.7 Å². The average Bonchev–Trinajstić information content (AvgIpc) is 2.16. The Bertz CT molecular complexity index is 182. The minimum Gasteiger partial charge on any atom is -0.462 e. The summed E-state index contributed by atoms with van der Waals surface area (Å²) in [5, 5.41) is 0. The second kappa shape index (κ2) is 7.91. The van der Waals surface area contributed by atoms with Gasteiger partial charge in [0.25, 0.3) is 0 Å². The number of nitrogens with zero attached hydrogens (tertiary/aromatic N) is 1. The van der Waals surface area contributed by atoms with Gasteiger partial charge in [-0.1, -0.05) is 0 Å². The maximum atomic E-state index is 10.7. The molecule has 1 aliphatic rings. The highest BCUT2D eigenvalue weighted by Gasteiger charge is 2.20. The summed E-state index contributed by atoms with van der Waals surface area (Å²) >= 11 is 0. The number of esters is 1. The predicted molar refractivity (Wildman–Crippen MR) is 60.4 cm³/mol. The summed E-state index contributed by atoms with van der Waals surface area (Å²) in [4.78, 5) is 13.0. The first-order valence-corrected chi connectivity index (χ1v) is 5.11. The summed E-state index contributed by atoms with van der Waals surface area (Å²) in [6.07, 6.45) is 2.03. The molecule has 0 unspecified atom stereocenters. The summed E-state index contributed by atoms with van der Waals surface area (Å²) in [6, 6.07) is 0. The van der Waals surface area contributed by atoms with Crippen LogP contribution >= 0.6 is 12.4 Å². The van der Waals surface area contributed by atoms with Crippen LogP contribution in [0.3, 0.4) is 0 Å². The second-order valence-corrected chi connectivity index (χ2v) is 3.64. The van der Waals surface area contributed by atoms with Crippen LogP contribution in [0.15, 0.2) is 0 Å². The fourth-order valence-electron chi connectivity index (χ4n) is 1.71. The molecular weight excluding hydrogens is 218 g/mol. The molecule has 0 spiro atoms. The first-order valence-electron chi connectivity index (χ1n) is 5.11. The molecule has 15 heavy (non-hydrogen) atoms. The molecule has 4 nitrogen and oxygen atoms in total. The molecule has 1 rings (SSSR count). The van der Waals surface area contributed by atoms with Gasteiger partial charge >= 0.3 is 5.97 Å². The number of carbonyl (C=O) groups excluding carboxylic acids is 1. The minimum absolute atomic E-state index is 0. The summed E-state index contributed by atoms with van der Waals surface area (Å²) < 4.78 is 10.2. The normalized spacial score (nSPS) is 18.3. The number of halogens is 1. The lowest BCUT2D eigenvalue weighted by Crippen LogP contribution is -2.39. The van der Waals surface area contributed by atoms with E-state index in [0.717, 1.165) is 39.1 Å². The quantitative estimate of drug-likeness (QED) is 0.686. The van der Waals surface area contributed by atoms with Crippen LogP contribution in [0.4, 0.5) is 0 Å². The third-order valence-electron chi connectivity index (χ3n) is 2.48. The Hall–Kier alpha value is -0.320. The Morgan fingerprint density at radius 1 is 1.40 bits per heavy atom. The van der Waals surface area contributed by atoms with Crippen molar-refractivity contribution >= 4 is 18.4 Å². The van der Waals surface area contributed by atoms with Gasteiger partial charge in [-0.05, 0) is 12.8 Å². The fraction of sp³-hybridized carbons (Fsp3) is 0.900. The molecule has 1 heterocycles. The highest BCUT2D eigenvalue weighted by Crippen LogP contribution is 2.13. The Labute approximate surface area is 97.3 Å². The smallest absolute Gasteiger partial charge is 0.302 e. The van der Waals surface area contributed by atoms with E-state index in [1.165, 1.54) is 6.92 Å². The predicted octanol–water partition coefficient (Wildman–Crippen LogP) is 1.08. The monoisotopic (exact) mass is 237 g/mol. The van der Waals surface area contributed by atoms with Gasteiger partial charge in [0.05, 0.1) is 6.61 Å². The molecule has 0 aromatic rings. The summed E-state index contributed by atoms with van der Waals surface area (Å²) in [7, 11) is 1.71. The molecule has 0 radical (unpaired) electrons. The van der Waals surface area contributed by atoms with Crippen molar-refractivity contribution < 1.29 is 14.3 Å². The van der Waals surface area contributed by atoms with Crippen LogP contribution in [0.1, 0.15) is 19.8 Å². The van der Waals surface area contributed by atoms with E-state index in [9.17, 15) is 4.79 Å². The molecule has 1 saturated heterocycles. The van der Waals surface area contributed by atoms with Crippen LogP contribution in [0.25, 0.3) is 0 Å². The van der Waals surface area contributed by atoms with E-state index in [1.807, 2.05) is 0 Å². The molecule has 0 saturated carbocycles. The first kappa shape index (κ1) is 14.7. The lowest BCUT2D eigenvalue weighted by molar-refractivity contribution is -0.148. The number of hydrogen-bond donors (Lipinski definition) is 0. The molecule has 0 N–H and O–H groups in total. The van der Waals surface area contributed by atoms with Gasteiger partial charge < -0.3 is 14.4 Å². The number of rotatable bonds is 4. The summed E-state index contributed by atoms with van der Waals surface area (Å²) in [5.74, 6) is -0.166. The van der Waals surface area contributed by atoms with Gasteiger partial charge in [-0.15, -0.1) is 12.4 Å². The van der Waals surface area contributed by atoms with Crippen LogP contribution in [-0.2, 0) is 14.3 Å². The van der Waals surface area contributed by atoms with Crippen molar-refractivity contribution in [3.8, 4) is 0 Å². The standard InChI is InChI=1S/C10H19NO3.ClH/c1-9(12)14-10-3-5-11(6-4-10)7-8-13-2;/h10H,3-8H2,1-2H3;1H. The maximum Gasteiger partial charge on any atom is 0.302 e. The van der Waals surface area contributed by atoms with Crippen molar-refractivity contribution in [3.05, 3.63) is 0 Å². The van der Waals surface area contributed by atoms with Crippen molar-refractivity contribution in [2.45, 2.75) is 25.9 Å². The van der Waals surface area contributed by atoms with Crippen LogP contribution < -0.4 is 0 Å². The lowest BCUT2D eigenvalue weighted by Gasteiger charge is -2.31. The van der Waals surface area contributed by atoms with E-state index in [-0.39, 0.29) is 24.5 Å². The molecular formula is C10H20ClNO3. The Morgan fingerprint density at radius 3 is 2.47 bits per heavy atom. The molecule has 0 bridgehead atoms. The molecule has 90 valence electrons.